The maximum Gasteiger partial charge on any atom is 0.251 e. The monoisotopic (exact) mass is 557 g/mol. The van der Waals surface area contributed by atoms with Gasteiger partial charge in [0.25, 0.3) is 5.91 Å². The lowest BCUT2D eigenvalue weighted by Gasteiger charge is -2.20. The number of hydrogen-bond acceptors (Lipinski definition) is 4. The van der Waals surface area contributed by atoms with Gasteiger partial charge >= 0.3 is 0 Å². The van der Waals surface area contributed by atoms with Crippen molar-refractivity contribution in [2.45, 2.75) is 19.4 Å². The topological polar surface area (TPSA) is 89.0 Å². The summed E-state index contributed by atoms with van der Waals surface area (Å²) in [5.41, 5.74) is 1.64. The summed E-state index contributed by atoms with van der Waals surface area (Å²) in [6.45, 7) is 5.51. The number of nitrogens with zero attached hydrogens (tertiary/aromatic N) is 2. The van der Waals surface area contributed by atoms with Crippen molar-refractivity contribution in [3.05, 3.63) is 59.1 Å². The van der Waals surface area contributed by atoms with E-state index in [-0.39, 0.29) is 41.7 Å². The van der Waals surface area contributed by atoms with E-state index in [0.717, 1.165) is 42.7 Å². The Kier molecular flexibility index (Phi) is 10.2. The molecule has 3 rings (SSSR count). The third kappa shape index (κ3) is 7.77. The minimum absolute atomic E-state index is 0. The summed E-state index contributed by atoms with van der Waals surface area (Å²) in [7, 11) is 0. The highest BCUT2D eigenvalue weighted by molar-refractivity contribution is 14.0. The summed E-state index contributed by atoms with van der Waals surface area (Å²) in [4.78, 5) is 19.0. The van der Waals surface area contributed by atoms with Crippen LogP contribution in [0.1, 0.15) is 23.7 Å². The van der Waals surface area contributed by atoms with E-state index >= 15 is 0 Å². The van der Waals surface area contributed by atoms with Gasteiger partial charge in [-0.3, -0.25) is 9.79 Å². The maximum absolute atomic E-state index is 12.1. The lowest BCUT2D eigenvalue weighted by molar-refractivity contribution is 0.0955. The minimum Gasteiger partial charge on any atom is -0.508 e. The minimum atomic E-state index is -0.184. The third-order valence-corrected chi connectivity index (χ3v) is 5.08. The molecule has 0 aromatic heterocycles. The van der Waals surface area contributed by atoms with Crippen LogP contribution in [-0.2, 0) is 0 Å². The first-order valence-electron chi connectivity index (χ1n) is 10.2. The van der Waals surface area contributed by atoms with E-state index in [9.17, 15) is 9.90 Å². The van der Waals surface area contributed by atoms with Crippen LogP contribution in [0.25, 0.3) is 0 Å². The Balaban J connectivity index is 0.00000341. The molecule has 1 amide bonds. The molecule has 9 heteroatoms. The van der Waals surface area contributed by atoms with E-state index in [4.69, 9.17) is 11.6 Å². The number of halogens is 2. The van der Waals surface area contributed by atoms with Crippen LogP contribution >= 0.6 is 35.6 Å². The van der Waals surface area contributed by atoms with Gasteiger partial charge in [-0.05, 0) is 55.8 Å². The van der Waals surface area contributed by atoms with E-state index in [0.29, 0.717) is 18.7 Å². The molecule has 4 N–H and O–H groups in total. The highest BCUT2D eigenvalue weighted by atomic mass is 127. The van der Waals surface area contributed by atoms with Crippen molar-refractivity contribution in [1.82, 2.24) is 16.0 Å². The van der Waals surface area contributed by atoms with Gasteiger partial charge in [-0.15, -0.1) is 24.0 Å². The number of aliphatic imine (C=N–C) groups is 1. The third-order valence-electron chi connectivity index (χ3n) is 4.84. The average Bonchev–Trinajstić information content (AvgIpc) is 3.20. The molecule has 1 aliphatic heterocycles. The Labute approximate surface area is 205 Å². The van der Waals surface area contributed by atoms with E-state index < -0.39 is 0 Å². The van der Waals surface area contributed by atoms with Gasteiger partial charge in [-0.25, -0.2) is 0 Å². The highest BCUT2D eigenvalue weighted by Crippen LogP contribution is 2.23. The van der Waals surface area contributed by atoms with Crippen molar-refractivity contribution in [2.75, 3.05) is 37.6 Å². The molecule has 1 heterocycles. The molecule has 0 radical (unpaired) electrons. The fraction of sp³-hybridized carbons (Fsp3) is 0.364. The summed E-state index contributed by atoms with van der Waals surface area (Å²) in [6, 6.07) is 14.4. The van der Waals surface area contributed by atoms with Crippen LogP contribution in [-0.4, -0.2) is 55.7 Å². The average molecular weight is 558 g/mol. The van der Waals surface area contributed by atoms with Crippen molar-refractivity contribution in [3.8, 4) is 5.75 Å². The zero-order chi connectivity index (χ0) is 21.3. The molecule has 168 valence electrons. The quantitative estimate of drug-likeness (QED) is 0.182. The largest absolute Gasteiger partial charge is 0.508 e. The predicted octanol–water partition coefficient (Wildman–Crippen LogP) is 3.23. The van der Waals surface area contributed by atoms with Gasteiger partial charge in [0.05, 0.1) is 6.54 Å². The number of amides is 1. The number of anilines is 1. The first-order valence-corrected chi connectivity index (χ1v) is 10.6. The van der Waals surface area contributed by atoms with Crippen LogP contribution in [0.3, 0.4) is 0 Å². The molecule has 1 unspecified atom stereocenters. The van der Waals surface area contributed by atoms with Crippen molar-refractivity contribution in [2.24, 2.45) is 4.99 Å². The van der Waals surface area contributed by atoms with Crippen LogP contribution in [0.5, 0.6) is 5.75 Å². The molecule has 1 fully saturated rings. The van der Waals surface area contributed by atoms with Crippen molar-refractivity contribution >= 4 is 53.1 Å². The molecule has 1 aliphatic rings. The standard InChI is InChI=1S/C22H28ClN5O2.HI/c1-2-24-22(26-12-11-25-21(30)16-6-8-20(29)9-7-16)27-18-10-13-28(15-18)19-5-3-4-17(23)14-19;/h3-9,14,18,29H,2,10-13,15H2,1H3,(H,25,30)(H2,24,26,27);1H. The Morgan fingerprint density at radius 3 is 2.71 bits per heavy atom. The number of phenolic OH excluding ortho intramolecular Hbond substituents is 1. The predicted molar refractivity (Wildman–Crippen MR) is 137 cm³/mol. The molecule has 31 heavy (non-hydrogen) atoms. The number of hydrogen-bond donors (Lipinski definition) is 4. The molecule has 2 aromatic carbocycles. The van der Waals surface area contributed by atoms with Crippen LogP contribution in [0, 0.1) is 0 Å². The fourth-order valence-corrected chi connectivity index (χ4v) is 3.54. The van der Waals surface area contributed by atoms with Gasteiger partial charge < -0.3 is 26.0 Å². The van der Waals surface area contributed by atoms with E-state index in [1.807, 2.05) is 25.1 Å². The summed E-state index contributed by atoms with van der Waals surface area (Å²) in [5.74, 6) is 0.698. The smallest absolute Gasteiger partial charge is 0.251 e. The Hall–Kier alpha value is -2.20. The second-order valence-electron chi connectivity index (χ2n) is 7.12. The zero-order valence-corrected chi connectivity index (χ0v) is 20.6. The normalized spacial score (nSPS) is 15.9. The number of carbonyl (C=O) groups excluding carboxylic acids is 1. The summed E-state index contributed by atoms with van der Waals surface area (Å²) in [5, 5.41) is 19.6. The maximum atomic E-state index is 12.1. The first-order chi connectivity index (χ1) is 14.5. The zero-order valence-electron chi connectivity index (χ0n) is 17.5. The molecule has 0 spiro atoms. The van der Waals surface area contributed by atoms with Crippen LogP contribution in [0.2, 0.25) is 5.02 Å². The van der Waals surface area contributed by atoms with Crippen molar-refractivity contribution in [1.29, 1.82) is 0 Å². The molecule has 0 bridgehead atoms. The Bertz CT molecular complexity index is 878. The van der Waals surface area contributed by atoms with Gasteiger partial charge in [0.15, 0.2) is 5.96 Å². The SMILES string of the molecule is CCNC(=NCCNC(=O)c1ccc(O)cc1)NC1CCN(c2cccc(Cl)c2)C1.I. The Morgan fingerprint density at radius 2 is 2.00 bits per heavy atom. The fourth-order valence-electron chi connectivity index (χ4n) is 3.35. The molecule has 7 nitrogen and oxygen atoms in total. The number of aromatic hydroxyl groups is 1. The number of guanidine groups is 1. The highest BCUT2D eigenvalue weighted by Gasteiger charge is 2.23. The van der Waals surface area contributed by atoms with Gasteiger partial charge in [-0.1, -0.05) is 17.7 Å². The second kappa shape index (κ2) is 12.6. The number of benzene rings is 2. The molecular formula is C22H29ClIN5O2. The molecule has 0 aliphatic carbocycles. The Morgan fingerprint density at radius 1 is 1.23 bits per heavy atom. The lowest BCUT2D eigenvalue weighted by Crippen LogP contribution is -2.45. The van der Waals surface area contributed by atoms with E-state index in [2.05, 4.69) is 31.9 Å². The van der Waals surface area contributed by atoms with E-state index in [1.54, 1.807) is 12.1 Å². The van der Waals surface area contributed by atoms with E-state index in [1.165, 1.54) is 12.1 Å². The lowest BCUT2D eigenvalue weighted by atomic mass is 10.2. The second-order valence-corrected chi connectivity index (χ2v) is 7.56. The van der Waals surface area contributed by atoms with Crippen LogP contribution in [0.15, 0.2) is 53.5 Å². The summed E-state index contributed by atoms with van der Waals surface area (Å²) >= 11 is 6.11. The van der Waals surface area contributed by atoms with Crippen LogP contribution < -0.4 is 20.9 Å². The number of nitrogens with one attached hydrogen (secondary N) is 3. The molecule has 0 saturated carbocycles. The first kappa shape index (κ1) is 25.1. The summed E-state index contributed by atoms with van der Waals surface area (Å²) < 4.78 is 0. The molecule has 1 saturated heterocycles. The van der Waals surface area contributed by atoms with Crippen molar-refractivity contribution < 1.29 is 9.90 Å². The van der Waals surface area contributed by atoms with Crippen LogP contribution in [0.4, 0.5) is 5.69 Å². The number of phenols is 1. The number of carbonyl (C=O) groups is 1. The van der Waals surface area contributed by atoms with Gasteiger partial charge in [-0.2, -0.15) is 0 Å². The van der Waals surface area contributed by atoms with Gasteiger partial charge in [0.1, 0.15) is 5.75 Å². The number of rotatable bonds is 7. The van der Waals surface area contributed by atoms with Gasteiger partial charge in [0, 0.05) is 48.5 Å². The molecular weight excluding hydrogens is 529 g/mol. The summed E-state index contributed by atoms with van der Waals surface area (Å²) in [6.07, 6.45) is 1.01. The van der Waals surface area contributed by atoms with Gasteiger partial charge in [0.2, 0.25) is 0 Å². The van der Waals surface area contributed by atoms with Crippen molar-refractivity contribution in [3.63, 3.8) is 0 Å². The molecule has 2 aromatic rings. The molecule has 1 atom stereocenters.